The zero-order valence-electron chi connectivity index (χ0n) is 15.3. The molecule has 0 bridgehead atoms. The maximum Gasteiger partial charge on any atom is 0.0769 e. The summed E-state index contributed by atoms with van der Waals surface area (Å²) in [6, 6.07) is 37.0. The molecule has 0 radical (unpaired) electrons. The molecule has 1 N–H and O–H groups in total. The molecule has 0 heterocycles. The van der Waals surface area contributed by atoms with Gasteiger partial charge in [0.15, 0.2) is 0 Å². The van der Waals surface area contributed by atoms with Gasteiger partial charge in [-0.05, 0) is 42.5 Å². The second kappa shape index (κ2) is 9.07. The van der Waals surface area contributed by atoms with Gasteiger partial charge in [0.25, 0.3) is 0 Å². The van der Waals surface area contributed by atoms with Crippen molar-refractivity contribution in [2.24, 2.45) is 4.99 Å². The first-order chi connectivity index (χ1) is 13.9. The van der Waals surface area contributed by atoms with Crippen molar-refractivity contribution in [1.82, 2.24) is 0 Å². The number of nitrogens with zero attached hydrogens (tertiary/aromatic N) is 1. The van der Waals surface area contributed by atoms with Crippen LogP contribution in [-0.4, -0.2) is 6.21 Å². The SMILES string of the molecule is C(=Nc1ccccc1Sc1ccccc1)c1ccccc1Nc1ccccc1. The Morgan fingerprint density at radius 3 is 2.11 bits per heavy atom. The summed E-state index contributed by atoms with van der Waals surface area (Å²) in [6.45, 7) is 0. The van der Waals surface area contributed by atoms with Gasteiger partial charge in [-0.3, -0.25) is 4.99 Å². The van der Waals surface area contributed by atoms with Crippen LogP contribution < -0.4 is 5.32 Å². The van der Waals surface area contributed by atoms with Crippen LogP contribution >= 0.6 is 11.8 Å². The topological polar surface area (TPSA) is 24.4 Å². The number of nitrogens with one attached hydrogen (secondary N) is 1. The molecule has 0 saturated carbocycles. The van der Waals surface area contributed by atoms with E-state index >= 15 is 0 Å². The Morgan fingerprint density at radius 1 is 0.643 bits per heavy atom. The van der Waals surface area contributed by atoms with Crippen molar-refractivity contribution in [3.63, 3.8) is 0 Å². The molecule has 0 unspecified atom stereocenters. The fourth-order valence-corrected chi connectivity index (χ4v) is 3.72. The van der Waals surface area contributed by atoms with E-state index in [9.17, 15) is 0 Å². The molecule has 28 heavy (non-hydrogen) atoms. The Bertz CT molecular complexity index is 973. The van der Waals surface area contributed by atoms with E-state index in [0.717, 1.165) is 27.5 Å². The number of rotatable bonds is 6. The Morgan fingerprint density at radius 2 is 1.29 bits per heavy atom. The van der Waals surface area contributed by atoms with Gasteiger partial charge >= 0.3 is 0 Å². The van der Waals surface area contributed by atoms with Crippen molar-refractivity contribution in [3.8, 4) is 0 Å². The van der Waals surface area contributed by atoms with Crippen LogP contribution in [0.1, 0.15) is 5.56 Å². The zero-order valence-corrected chi connectivity index (χ0v) is 16.1. The van der Waals surface area contributed by atoms with Crippen LogP contribution in [0, 0.1) is 0 Å². The molecule has 0 spiro atoms. The monoisotopic (exact) mass is 380 g/mol. The quantitative estimate of drug-likeness (QED) is 0.354. The van der Waals surface area contributed by atoms with Gasteiger partial charge in [0.1, 0.15) is 0 Å². The predicted octanol–water partition coefficient (Wildman–Crippen LogP) is 7.33. The molecule has 4 aromatic carbocycles. The molecule has 136 valence electrons. The number of hydrogen-bond donors (Lipinski definition) is 1. The third kappa shape index (κ3) is 4.70. The smallest absolute Gasteiger partial charge is 0.0769 e. The minimum absolute atomic E-state index is 0.964. The molecule has 0 saturated heterocycles. The van der Waals surface area contributed by atoms with Crippen LogP contribution in [0.2, 0.25) is 0 Å². The highest BCUT2D eigenvalue weighted by Gasteiger charge is 2.04. The molecule has 2 nitrogen and oxygen atoms in total. The average Bonchev–Trinajstić information content (AvgIpc) is 2.76. The van der Waals surface area contributed by atoms with Crippen LogP contribution in [-0.2, 0) is 0 Å². The second-order valence-electron chi connectivity index (χ2n) is 6.22. The van der Waals surface area contributed by atoms with Gasteiger partial charge in [-0.15, -0.1) is 0 Å². The first kappa shape index (κ1) is 18.1. The fourth-order valence-electron chi connectivity index (χ4n) is 2.81. The van der Waals surface area contributed by atoms with Crippen LogP contribution in [0.3, 0.4) is 0 Å². The number of benzene rings is 4. The Balaban J connectivity index is 1.59. The Labute approximate surface area is 170 Å². The highest BCUT2D eigenvalue weighted by atomic mass is 32.2. The number of aliphatic imine (C=N–C) groups is 1. The first-order valence-corrected chi connectivity index (χ1v) is 9.97. The molecule has 0 aliphatic rings. The van der Waals surface area contributed by atoms with Gasteiger partial charge in [-0.25, -0.2) is 0 Å². The van der Waals surface area contributed by atoms with E-state index in [4.69, 9.17) is 4.99 Å². The summed E-state index contributed by atoms with van der Waals surface area (Å²) >= 11 is 1.73. The summed E-state index contributed by atoms with van der Waals surface area (Å²) < 4.78 is 0. The standard InChI is InChI=1S/C25H20N2S/c1-3-12-21(13-4-1)27-23-16-8-7-11-20(23)19-26-24-17-9-10-18-25(24)28-22-14-5-2-6-15-22/h1-19,27H. The molecule has 0 aromatic heterocycles. The number of para-hydroxylation sites is 3. The number of hydrogen-bond acceptors (Lipinski definition) is 3. The maximum absolute atomic E-state index is 4.79. The first-order valence-electron chi connectivity index (χ1n) is 9.15. The summed E-state index contributed by atoms with van der Waals surface area (Å²) in [7, 11) is 0. The highest BCUT2D eigenvalue weighted by molar-refractivity contribution is 7.99. The van der Waals surface area contributed by atoms with Crippen LogP contribution in [0.5, 0.6) is 0 Å². The molecule has 0 amide bonds. The van der Waals surface area contributed by atoms with Gasteiger partial charge in [0, 0.05) is 32.9 Å². The average molecular weight is 381 g/mol. The molecule has 0 fully saturated rings. The lowest BCUT2D eigenvalue weighted by Crippen LogP contribution is -1.94. The predicted molar refractivity (Wildman–Crippen MR) is 120 cm³/mol. The van der Waals surface area contributed by atoms with Crippen molar-refractivity contribution in [3.05, 3.63) is 115 Å². The van der Waals surface area contributed by atoms with Crippen molar-refractivity contribution in [2.75, 3.05) is 5.32 Å². The summed E-state index contributed by atoms with van der Waals surface area (Å²) in [5.41, 5.74) is 4.10. The maximum atomic E-state index is 4.79. The minimum Gasteiger partial charge on any atom is -0.355 e. The molecule has 0 aliphatic carbocycles. The van der Waals surface area contributed by atoms with Gasteiger partial charge in [-0.2, -0.15) is 0 Å². The van der Waals surface area contributed by atoms with Crippen LogP contribution in [0.25, 0.3) is 0 Å². The minimum atomic E-state index is 0.964. The van der Waals surface area contributed by atoms with E-state index in [1.165, 1.54) is 4.90 Å². The lowest BCUT2D eigenvalue weighted by Gasteiger charge is -2.09. The third-order valence-electron chi connectivity index (χ3n) is 4.19. The molecular formula is C25H20N2S. The second-order valence-corrected chi connectivity index (χ2v) is 7.33. The van der Waals surface area contributed by atoms with E-state index in [1.807, 2.05) is 48.7 Å². The van der Waals surface area contributed by atoms with Crippen molar-refractivity contribution >= 4 is 35.0 Å². The lowest BCUT2D eigenvalue weighted by atomic mass is 10.2. The van der Waals surface area contributed by atoms with Gasteiger partial charge in [-0.1, -0.05) is 78.5 Å². The third-order valence-corrected chi connectivity index (χ3v) is 5.27. The van der Waals surface area contributed by atoms with E-state index < -0.39 is 0 Å². The summed E-state index contributed by atoms with van der Waals surface area (Å²) in [5.74, 6) is 0. The van der Waals surface area contributed by atoms with Crippen molar-refractivity contribution in [2.45, 2.75) is 9.79 Å². The van der Waals surface area contributed by atoms with Crippen molar-refractivity contribution in [1.29, 1.82) is 0 Å². The van der Waals surface area contributed by atoms with E-state index in [1.54, 1.807) is 11.8 Å². The molecule has 0 aliphatic heterocycles. The summed E-state index contributed by atoms with van der Waals surface area (Å²) in [5, 5.41) is 3.47. The van der Waals surface area contributed by atoms with Crippen LogP contribution in [0.15, 0.2) is 124 Å². The van der Waals surface area contributed by atoms with E-state index in [0.29, 0.717) is 0 Å². The Hall–Kier alpha value is -3.30. The largest absolute Gasteiger partial charge is 0.355 e. The summed E-state index contributed by atoms with van der Waals surface area (Å²) in [6.07, 6.45) is 1.93. The van der Waals surface area contributed by atoms with Gasteiger partial charge in [0.2, 0.25) is 0 Å². The Kier molecular flexibility index (Phi) is 5.86. The molecule has 0 atom stereocenters. The normalized spacial score (nSPS) is 10.9. The fraction of sp³-hybridized carbons (Fsp3) is 0. The highest BCUT2D eigenvalue weighted by Crippen LogP contribution is 2.34. The molecule has 4 aromatic rings. The van der Waals surface area contributed by atoms with Crippen molar-refractivity contribution < 1.29 is 0 Å². The van der Waals surface area contributed by atoms with Crippen LogP contribution in [0.4, 0.5) is 17.1 Å². The molecule has 4 rings (SSSR count). The van der Waals surface area contributed by atoms with E-state index in [2.05, 4.69) is 72.0 Å². The molecular weight excluding hydrogens is 360 g/mol. The lowest BCUT2D eigenvalue weighted by molar-refractivity contribution is 1.36. The van der Waals surface area contributed by atoms with Gasteiger partial charge in [0.05, 0.1) is 5.69 Å². The summed E-state index contributed by atoms with van der Waals surface area (Å²) in [4.78, 5) is 7.13. The van der Waals surface area contributed by atoms with E-state index in [-0.39, 0.29) is 0 Å². The van der Waals surface area contributed by atoms with Gasteiger partial charge < -0.3 is 5.32 Å². The molecule has 3 heteroatoms. The number of anilines is 2. The zero-order chi connectivity index (χ0) is 19.0.